The summed E-state index contributed by atoms with van der Waals surface area (Å²) in [6.07, 6.45) is 0.630. The molecule has 10 heteroatoms. The Bertz CT molecular complexity index is 1040. The SMILES string of the molecule is CCc1cc(=O)[nH]c2nnc(SCC(=O)Nc3ccc(C(=O)OC)cc3)n12. The third-order valence-corrected chi connectivity index (χ3v) is 4.67. The number of carbonyl (C=O) groups is 2. The molecule has 0 aliphatic rings. The van der Waals surface area contributed by atoms with Crippen molar-refractivity contribution in [2.24, 2.45) is 0 Å². The van der Waals surface area contributed by atoms with Crippen LogP contribution in [0.3, 0.4) is 0 Å². The van der Waals surface area contributed by atoms with E-state index in [9.17, 15) is 14.4 Å². The van der Waals surface area contributed by atoms with Crippen molar-refractivity contribution >= 4 is 35.1 Å². The molecule has 0 bridgehead atoms. The van der Waals surface area contributed by atoms with Gasteiger partial charge in [-0.2, -0.15) is 0 Å². The van der Waals surface area contributed by atoms with Gasteiger partial charge in [0.1, 0.15) is 0 Å². The molecule has 0 unspecified atom stereocenters. The third-order valence-electron chi connectivity index (χ3n) is 3.74. The lowest BCUT2D eigenvalue weighted by Gasteiger charge is -2.07. The lowest BCUT2D eigenvalue weighted by molar-refractivity contribution is -0.113. The van der Waals surface area contributed by atoms with Crippen LogP contribution in [0.4, 0.5) is 5.69 Å². The van der Waals surface area contributed by atoms with E-state index >= 15 is 0 Å². The summed E-state index contributed by atoms with van der Waals surface area (Å²) in [4.78, 5) is 37.8. The minimum absolute atomic E-state index is 0.113. The summed E-state index contributed by atoms with van der Waals surface area (Å²) in [5, 5.41) is 11.3. The molecule has 3 aromatic rings. The zero-order valence-electron chi connectivity index (χ0n) is 14.7. The van der Waals surface area contributed by atoms with Crippen molar-refractivity contribution in [3.05, 3.63) is 51.9 Å². The number of anilines is 1. The van der Waals surface area contributed by atoms with Crippen molar-refractivity contribution in [1.82, 2.24) is 19.6 Å². The molecule has 0 radical (unpaired) electrons. The summed E-state index contributed by atoms with van der Waals surface area (Å²) in [7, 11) is 1.31. The van der Waals surface area contributed by atoms with Gasteiger partial charge in [0.2, 0.25) is 11.7 Å². The van der Waals surface area contributed by atoms with E-state index in [1.165, 1.54) is 24.9 Å². The zero-order chi connectivity index (χ0) is 19.4. The molecule has 2 heterocycles. The Morgan fingerprint density at radius 3 is 2.67 bits per heavy atom. The lowest BCUT2D eigenvalue weighted by atomic mass is 10.2. The van der Waals surface area contributed by atoms with Crippen LogP contribution in [0.5, 0.6) is 0 Å². The van der Waals surface area contributed by atoms with Crippen LogP contribution in [0, 0.1) is 0 Å². The molecule has 2 N–H and O–H groups in total. The highest BCUT2D eigenvalue weighted by Crippen LogP contribution is 2.18. The molecular formula is C17H17N5O4S. The summed E-state index contributed by atoms with van der Waals surface area (Å²) in [5.41, 5.74) is 1.50. The van der Waals surface area contributed by atoms with E-state index in [-0.39, 0.29) is 17.2 Å². The fraction of sp³-hybridized carbons (Fsp3) is 0.235. The fourth-order valence-corrected chi connectivity index (χ4v) is 3.22. The number of rotatable bonds is 6. The molecule has 0 fully saturated rings. The van der Waals surface area contributed by atoms with Crippen molar-refractivity contribution in [2.75, 3.05) is 18.2 Å². The number of methoxy groups -OCH3 is 1. The average Bonchev–Trinajstić information content (AvgIpc) is 3.08. The van der Waals surface area contributed by atoms with E-state index in [4.69, 9.17) is 0 Å². The minimum atomic E-state index is -0.438. The van der Waals surface area contributed by atoms with Gasteiger partial charge >= 0.3 is 5.97 Å². The number of aromatic nitrogens is 4. The number of aryl methyl sites for hydroxylation is 1. The van der Waals surface area contributed by atoms with E-state index in [2.05, 4.69) is 25.2 Å². The van der Waals surface area contributed by atoms with Crippen LogP contribution >= 0.6 is 11.8 Å². The summed E-state index contributed by atoms with van der Waals surface area (Å²) in [5.74, 6) is -0.209. The van der Waals surface area contributed by atoms with Crippen molar-refractivity contribution in [3.8, 4) is 0 Å². The zero-order valence-corrected chi connectivity index (χ0v) is 15.5. The van der Waals surface area contributed by atoms with Crippen LogP contribution in [0.1, 0.15) is 23.0 Å². The second-order valence-corrected chi connectivity index (χ2v) is 6.47. The van der Waals surface area contributed by atoms with Gasteiger partial charge in [-0.3, -0.25) is 19.0 Å². The molecule has 1 amide bonds. The number of carbonyl (C=O) groups excluding carboxylic acids is 2. The maximum absolute atomic E-state index is 12.2. The Kier molecular flexibility index (Phi) is 5.55. The van der Waals surface area contributed by atoms with Gasteiger partial charge in [-0.1, -0.05) is 18.7 Å². The Balaban J connectivity index is 1.67. The second kappa shape index (κ2) is 8.04. The predicted molar refractivity (Wildman–Crippen MR) is 100 cm³/mol. The van der Waals surface area contributed by atoms with Crippen LogP contribution in [0.2, 0.25) is 0 Å². The van der Waals surface area contributed by atoms with Gasteiger partial charge in [0.15, 0.2) is 5.16 Å². The number of ether oxygens (including phenoxy) is 1. The number of esters is 1. The number of hydrogen-bond donors (Lipinski definition) is 2. The highest BCUT2D eigenvalue weighted by Gasteiger charge is 2.13. The molecule has 0 spiro atoms. The second-order valence-electron chi connectivity index (χ2n) is 5.53. The quantitative estimate of drug-likeness (QED) is 0.486. The van der Waals surface area contributed by atoms with Gasteiger partial charge in [0, 0.05) is 17.4 Å². The molecule has 0 aliphatic carbocycles. The largest absolute Gasteiger partial charge is 0.465 e. The molecule has 3 rings (SSSR count). The van der Waals surface area contributed by atoms with Gasteiger partial charge in [0.05, 0.1) is 18.4 Å². The fourth-order valence-electron chi connectivity index (χ4n) is 2.46. The summed E-state index contributed by atoms with van der Waals surface area (Å²) in [6, 6.07) is 7.89. The molecule has 0 atom stereocenters. The van der Waals surface area contributed by atoms with Crippen LogP contribution in [-0.2, 0) is 16.0 Å². The van der Waals surface area contributed by atoms with E-state index in [0.29, 0.717) is 28.6 Å². The normalized spacial score (nSPS) is 10.7. The van der Waals surface area contributed by atoms with Crippen LogP contribution < -0.4 is 10.9 Å². The van der Waals surface area contributed by atoms with Gasteiger partial charge < -0.3 is 10.1 Å². The highest BCUT2D eigenvalue weighted by molar-refractivity contribution is 7.99. The lowest BCUT2D eigenvalue weighted by Crippen LogP contribution is -2.15. The molecule has 140 valence electrons. The van der Waals surface area contributed by atoms with Crippen molar-refractivity contribution in [1.29, 1.82) is 0 Å². The summed E-state index contributed by atoms with van der Waals surface area (Å²) < 4.78 is 6.36. The van der Waals surface area contributed by atoms with Crippen LogP contribution in [0.15, 0.2) is 40.3 Å². The maximum atomic E-state index is 12.2. The maximum Gasteiger partial charge on any atom is 0.337 e. The Morgan fingerprint density at radius 1 is 1.26 bits per heavy atom. The average molecular weight is 387 g/mol. The number of nitrogens with one attached hydrogen (secondary N) is 2. The molecule has 27 heavy (non-hydrogen) atoms. The highest BCUT2D eigenvalue weighted by atomic mass is 32.2. The molecule has 9 nitrogen and oxygen atoms in total. The van der Waals surface area contributed by atoms with Crippen molar-refractivity contribution in [2.45, 2.75) is 18.5 Å². The first-order valence-corrected chi connectivity index (χ1v) is 9.08. The molecule has 0 aliphatic heterocycles. The number of nitrogens with zero attached hydrogens (tertiary/aromatic N) is 3. The summed E-state index contributed by atoms with van der Waals surface area (Å²) >= 11 is 1.21. The van der Waals surface area contributed by atoms with Gasteiger partial charge in [0.25, 0.3) is 5.56 Å². The van der Waals surface area contributed by atoms with Crippen molar-refractivity contribution in [3.63, 3.8) is 0 Å². The van der Waals surface area contributed by atoms with E-state index < -0.39 is 5.97 Å². The number of thioether (sulfide) groups is 1. The monoisotopic (exact) mass is 387 g/mol. The molecule has 0 saturated carbocycles. The minimum Gasteiger partial charge on any atom is -0.465 e. The van der Waals surface area contributed by atoms with Crippen LogP contribution in [0.25, 0.3) is 5.78 Å². The van der Waals surface area contributed by atoms with Gasteiger partial charge in [-0.25, -0.2) is 4.79 Å². The number of fused-ring (bicyclic) bond motifs is 1. The molecular weight excluding hydrogens is 370 g/mol. The number of amides is 1. The number of H-pyrrole nitrogens is 1. The van der Waals surface area contributed by atoms with Crippen molar-refractivity contribution < 1.29 is 14.3 Å². The number of hydrogen-bond acceptors (Lipinski definition) is 7. The Hall–Kier alpha value is -3.14. The number of aromatic amines is 1. The van der Waals surface area contributed by atoms with E-state index in [1.54, 1.807) is 28.7 Å². The first-order valence-electron chi connectivity index (χ1n) is 8.10. The smallest absolute Gasteiger partial charge is 0.337 e. The molecule has 0 saturated heterocycles. The number of benzene rings is 1. The predicted octanol–water partition coefficient (Wildman–Crippen LogP) is 1.50. The third kappa shape index (κ3) is 4.17. The Labute approximate surface area is 158 Å². The first-order chi connectivity index (χ1) is 13.0. The summed E-state index contributed by atoms with van der Waals surface area (Å²) in [6.45, 7) is 1.92. The topological polar surface area (TPSA) is 118 Å². The first kappa shape index (κ1) is 18.6. The van der Waals surface area contributed by atoms with Crippen LogP contribution in [-0.4, -0.2) is 44.3 Å². The van der Waals surface area contributed by atoms with Gasteiger partial charge in [-0.05, 0) is 30.7 Å². The van der Waals surface area contributed by atoms with Gasteiger partial charge in [-0.15, -0.1) is 10.2 Å². The molecule has 2 aromatic heterocycles. The van der Waals surface area contributed by atoms with E-state index in [0.717, 1.165) is 5.69 Å². The van der Waals surface area contributed by atoms with E-state index in [1.807, 2.05) is 6.92 Å². The standard InChI is InChI=1S/C17H17N5O4S/c1-3-12-8-13(23)19-16-20-21-17(22(12)16)27-9-14(24)18-11-6-4-10(5-7-11)15(25)26-2/h4-8H,3,9H2,1-2H3,(H,18,24)(H,19,20,23). The Morgan fingerprint density at radius 2 is 2.00 bits per heavy atom. The molecule has 1 aromatic carbocycles.